The van der Waals surface area contributed by atoms with Crippen molar-refractivity contribution < 1.29 is 0 Å². The third kappa shape index (κ3) is 2.08. The first-order chi connectivity index (χ1) is 7.92. The highest BCUT2D eigenvalue weighted by Crippen LogP contribution is 2.07. The van der Waals surface area contributed by atoms with Crippen LogP contribution in [0.2, 0.25) is 0 Å². The van der Waals surface area contributed by atoms with Crippen LogP contribution >= 0.6 is 0 Å². The van der Waals surface area contributed by atoms with Gasteiger partial charge in [-0.1, -0.05) is 11.0 Å². The quantitative estimate of drug-likeness (QED) is 0.268. The number of hydrogen-bond donors (Lipinski definition) is 1. The molecule has 7 nitrogen and oxygen atoms in total. The molecule has 1 N–H and O–H groups in total. The molecule has 0 atom stereocenters. The van der Waals surface area contributed by atoms with Crippen molar-refractivity contribution in [2.75, 3.05) is 6.54 Å². The minimum atomic E-state index is 0.362. The SMILES string of the molecule is [N-]=[N+]=NCCC#Cc1ncnc2nc[nH]c12. The van der Waals surface area contributed by atoms with Crippen LogP contribution in [0.3, 0.4) is 0 Å². The molecule has 78 valence electrons. The van der Waals surface area contributed by atoms with E-state index in [9.17, 15) is 0 Å². The van der Waals surface area contributed by atoms with Crippen LogP contribution in [0.15, 0.2) is 17.8 Å². The van der Waals surface area contributed by atoms with Crippen LogP contribution in [0.25, 0.3) is 21.6 Å². The van der Waals surface area contributed by atoms with Gasteiger partial charge in [-0.2, -0.15) is 0 Å². The summed E-state index contributed by atoms with van der Waals surface area (Å²) in [5.74, 6) is 5.74. The Morgan fingerprint density at radius 1 is 1.44 bits per heavy atom. The second kappa shape index (κ2) is 4.77. The Bertz CT molecular complexity index is 597. The summed E-state index contributed by atoms with van der Waals surface area (Å²) >= 11 is 0. The first-order valence-corrected chi connectivity index (χ1v) is 4.55. The van der Waals surface area contributed by atoms with Crippen LogP contribution in [0.4, 0.5) is 0 Å². The zero-order valence-corrected chi connectivity index (χ0v) is 8.25. The lowest BCUT2D eigenvalue weighted by atomic mass is 10.3. The molecule has 2 aromatic rings. The van der Waals surface area contributed by atoms with E-state index in [-0.39, 0.29) is 0 Å². The molecule has 0 bridgehead atoms. The van der Waals surface area contributed by atoms with Crippen molar-refractivity contribution in [3.8, 4) is 11.8 Å². The zero-order valence-electron chi connectivity index (χ0n) is 8.25. The molecule has 0 aliphatic carbocycles. The van der Waals surface area contributed by atoms with Crippen LogP contribution in [-0.2, 0) is 0 Å². The van der Waals surface area contributed by atoms with E-state index in [2.05, 4.69) is 41.8 Å². The van der Waals surface area contributed by atoms with Crippen LogP contribution in [0.5, 0.6) is 0 Å². The monoisotopic (exact) mass is 213 g/mol. The molecule has 0 amide bonds. The van der Waals surface area contributed by atoms with Crippen LogP contribution in [-0.4, -0.2) is 26.5 Å². The van der Waals surface area contributed by atoms with E-state index in [4.69, 9.17) is 5.53 Å². The Balaban J connectivity index is 2.20. The molecule has 7 heteroatoms. The van der Waals surface area contributed by atoms with E-state index in [1.165, 1.54) is 6.33 Å². The van der Waals surface area contributed by atoms with Crippen LogP contribution < -0.4 is 0 Å². The summed E-state index contributed by atoms with van der Waals surface area (Å²) in [6.45, 7) is 0.362. The normalized spacial score (nSPS) is 9.25. The highest BCUT2D eigenvalue weighted by Gasteiger charge is 2.01. The van der Waals surface area contributed by atoms with Crippen molar-refractivity contribution in [2.45, 2.75) is 6.42 Å². The highest BCUT2D eigenvalue weighted by molar-refractivity contribution is 5.75. The van der Waals surface area contributed by atoms with Crippen LogP contribution in [0, 0.1) is 11.8 Å². The molecule has 0 spiro atoms. The summed E-state index contributed by atoms with van der Waals surface area (Å²) in [5, 5.41) is 3.38. The molecule has 16 heavy (non-hydrogen) atoms. The molecular weight excluding hydrogens is 206 g/mol. The average Bonchev–Trinajstić information content (AvgIpc) is 2.77. The largest absolute Gasteiger partial charge is 0.341 e. The summed E-state index contributed by atoms with van der Waals surface area (Å²) in [6, 6.07) is 0. The second-order valence-corrected chi connectivity index (χ2v) is 2.83. The first kappa shape index (κ1) is 9.96. The smallest absolute Gasteiger partial charge is 0.181 e. The lowest BCUT2D eigenvalue weighted by Gasteiger charge is -1.90. The molecule has 0 aliphatic rings. The van der Waals surface area contributed by atoms with Gasteiger partial charge >= 0.3 is 0 Å². The van der Waals surface area contributed by atoms with Crippen LogP contribution in [0.1, 0.15) is 12.1 Å². The maximum absolute atomic E-state index is 8.07. The van der Waals surface area contributed by atoms with Gasteiger partial charge in [-0.05, 0) is 11.5 Å². The van der Waals surface area contributed by atoms with E-state index < -0.39 is 0 Å². The van der Waals surface area contributed by atoms with Crippen molar-refractivity contribution in [1.82, 2.24) is 19.9 Å². The molecule has 2 aromatic heterocycles. The fraction of sp³-hybridized carbons (Fsp3) is 0.222. The van der Waals surface area contributed by atoms with Crippen molar-refractivity contribution in [3.63, 3.8) is 0 Å². The Morgan fingerprint density at radius 3 is 3.25 bits per heavy atom. The number of aromatic amines is 1. The van der Waals surface area contributed by atoms with Gasteiger partial charge in [0, 0.05) is 17.9 Å². The molecule has 0 saturated carbocycles. The standard InChI is InChI=1S/C9H7N7/c10-16-15-4-2-1-3-7-8-9(13-5-11-7)14-6-12-8/h5-6H,2,4H2,(H,11,12,13,14). The number of nitrogens with one attached hydrogen (secondary N) is 1. The molecule has 0 unspecified atom stereocenters. The maximum Gasteiger partial charge on any atom is 0.181 e. The van der Waals surface area contributed by atoms with E-state index in [1.54, 1.807) is 6.33 Å². The lowest BCUT2D eigenvalue weighted by Crippen LogP contribution is -1.87. The number of hydrogen-bond acceptors (Lipinski definition) is 4. The zero-order chi connectivity index (χ0) is 11.2. The number of azide groups is 1. The number of nitrogens with zero attached hydrogens (tertiary/aromatic N) is 6. The number of imidazole rings is 1. The fourth-order valence-electron chi connectivity index (χ4n) is 1.16. The molecule has 2 heterocycles. The molecule has 0 fully saturated rings. The first-order valence-electron chi connectivity index (χ1n) is 4.55. The van der Waals surface area contributed by atoms with Gasteiger partial charge in [0.25, 0.3) is 0 Å². The van der Waals surface area contributed by atoms with Gasteiger partial charge in [0.2, 0.25) is 0 Å². The van der Waals surface area contributed by atoms with Gasteiger partial charge in [-0.25, -0.2) is 15.0 Å². The topological polar surface area (TPSA) is 103 Å². The van der Waals surface area contributed by atoms with Crippen molar-refractivity contribution >= 4 is 11.2 Å². The highest BCUT2D eigenvalue weighted by atomic mass is 15.1. The Hall–Kier alpha value is -2.58. The van der Waals surface area contributed by atoms with Crippen molar-refractivity contribution in [2.24, 2.45) is 5.11 Å². The predicted octanol–water partition coefficient (Wildman–Crippen LogP) is 1.40. The number of H-pyrrole nitrogens is 1. The van der Waals surface area contributed by atoms with E-state index in [0.717, 1.165) is 5.52 Å². The third-order valence-electron chi connectivity index (χ3n) is 1.83. The van der Waals surface area contributed by atoms with E-state index in [0.29, 0.717) is 24.3 Å². The van der Waals surface area contributed by atoms with E-state index >= 15 is 0 Å². The molecule has 0 radical (unpaired) electrons. The Kier molecular flexibility index (Phi) is 2.97. The summed E-state index contributed by atoms with van der Waals surface area (Å²) in [4.78, 5) is 17.6. The Labute approximate surface area is 90.6 Å². The van der Waals surface area contributed by atoms with Crippen molar-refractivity contribution in [1.29, 1.82) is 0 Å². The van der Waals surface area contributed by atoms with Crippen molar-refractivity contribution in [3.05, 3.63) is 28.8 Å². The summed E-state index contributed by atoms with van der Waals surface area (Å²) in [6.07, 6.45) is 3.47. The molecule has 2 rings (SSSR count). The number of fused-ring (bicyclic) bond motifs is 1. The molecule has 0 aliphatic heterocycles. The minimum absolute atomic E-state index is 0.362. The summed E-state index contributed by atoms with van der Waals surface area (Å²) in [7, 11) is 0. The average molecular weight is 213 g/mol. The number of aromatic nitrogens is 4. The van der Waals surface area contributed by atoms with E-state index in [1.807, 2.05) is 0 Å². The molecular formula is C9H7N7. The Morgan fingerprint density at radius 2 is 2.38 bits per heavy atom. The van der Waals surface area contributed by atoms with Gasteiger partial charge < -0.3 is 4.98 Å². The fourth-order valence-corrected chi connectivity index (χ4v) is 1.16. The van der Waals surface area contributed by atoms with Gasteiger partial charge in [-0.15, -0.1) is 0 Å². The van der Waals surface area contributed by atoms with Gasteiger partial charge in [0.15, 0.2) is 5.65 Å². The predicted molar refractivity (Wildman–Crippen MR) is 57.2 cm³/mol. The van der Waals surface area contributed by atoms with Gasteiger partial charge in [0.1, 0.15) is 17.5 Å². The molecule has 0 saturated heterocycles. The van der Waals surface area contributed by atoms with Gasteiger partial charge in [0.05, 0.1) is 6.33 Å². The molecule has 0 aromatic carbocycles. The summed E-state index contributed by atoms with van der Waals surface area (Å²) in [5.41, 5.74) is 9.99. The third-order valence-corrected chi connectivity index (χ3v) is 1.83. The minimum Gasteiger partial charge on any atom is -0.341 e. The lowest BCUT2D eigenvalue weighted by molar-refractivity contribution is 1.01. The number of rotatable bonds is 2. The van der Waals surface area contributed by atoms with Gasteiger partial charge in [-0.3, -0.25) is 0 Å². The second-order valence-electron chi connectivity index (χ2n) is 2.83. The maximum atomic E-state index is 8.07. The summed E-state index contributed by atoms with van der Waals surface area (Å²) < 4.78 is 0.